The summed E-state index contributed by atoms with van der Waals surface area (Å²) in [6.45, 7) is 7.24. The molecule has 3 N–H and O–H groups in total. The number of ether oxygens (including phenoxy) is 1. The van der Waals surface area contributed by atoms with Crippen LogP contribution < -0.4 is 14.8 Å². The Bertz CT molecular complexity index is 970. The van der Waals surface area contributed by atoms with Crippen molar-refractivity contribution in [2.24, 2.45) is 5.14 Å². The fraction of sp³-hybridized carbons (Fsp3) is 0.588. The topological polar surface area (TPSA) is 139 Å². The molecule has 0 aromatic heterocycles. The van der Waals surface area contributed by atoms with Gasteiger partial charge < -0.3 is 14.5 Å². The summed E-state index contributed by atoms with van der Waals surface area (Å²) < 4.78 is 54.6. The van der Waals surface area contributed by atoms with Gasteiger partial charge in [-0.2, -0.15) is 0 Å². The number of amides is 1. The Morgan fingerprint density at radius 3 is 2.31 bits per heavy atom. The van der Waals surface area contributed by atoms with Gasteiger partial charge in [0.2, 0.25) is 20.0 Å². The first-order valence-corrected chi connectivity index (χ1v) is 12.5. The summed E-state index contributed by atoms with van der Waals surface area (Å²) in [6, 6.07) is 4.04. The van der Waals surface area contributed by atoms with Crippen molar-refractivity contribution in [2.45, 2.75) is 37.7 Å². The van der Waals surface area contributed by atoms with Gasteiger partial charge in [-0.1, -0.05) is 0 Å². The van der Waals surface area contributed by atoms with E-state index >= 15 is 0 Å². The zero-order valence-electron chi connectivity index (χ0n) is 17.0. The van der Waals surface area contributed by atoms with Gasteiger partial charge in [0.1, 0.15) is 5.60 Å². The molecule has 0 aliphatic carbocycles. The van der Waals surface area contributed by atoms with Crippen LogP contribution >= 0.6 is 0 Å². The normalized spacial score (nSPS) is 16.3. The van der Waals surface area contributed by atoms with Crippen LogP contribution in [0.5, 0.6) is 0 Å². The number of primary sulfonamides is 1. The largest absolute Gasteiger partial charge is 0.444 e. The molecule has 29 heavy (non-hydrogen) atoms. The van der Waals surface area contributed by atoms with E-state index in [4.69, 9.17) is 9.88 Å². The van der Waals surface area contributed by atoms with Crippen molar-refractivity contribution >= 4 is 37.5 Å². The highest BCUT2D eigenvalue weighted by Crippen LogP contribution is 2.30. The second kappa shape index (κ2) is 8.36. The second-order valence-electron chi connectivity index (χ2n) is 7.91. The second-order valence-corrected chi connectivity index (χ2v) is 11.2. The number of sulfonamides is 2. The van der Waals surface area contributed by atoms with Crippen molar-refractivity contribution in [3.63, 3.8) is 0 Å². The van der Waals surface area contributed by atoms with Gasteiger partial charge in [-0.3, -0.25) is 4.72 Å². The molecule has 1 saturated heterocycles. The Hall–Kier alpha value is -2.05. The molecular formula is C17H28N4O6S2. The summed E-state index contributed by atoms with van der Waals surface area (Å²) in [4.78, 5) is 15.6. The highest BCUT2D eigenvalue weighted by atomic mass is 32.2. The average molecular weight is 449 g/mol. The minimum absolute atomic E-state index is 0.116. The van der Waals surface area contributed by atoms with E-state index in [2.05, 4.69) is 4.72 Å². The summed E-state index contributed by atoms with van der Waals surface area (Å²) in [6.07, 6.45) is 1.21. The number of carbonyl (C=O) groups is 1. The van der Waals surface area contributed by atoms with E-state index < -0.39 is 31.7 Å². The minimum atomic E-state index is -4.00. The van der Waals surface area contributed by atoms with Crippen LogP contribution in [0.15, 0.2) is 23.1 Å². The van der Waals surface area contributed by atoms with Crippen molar-refractivity contribution in [2.75, 3.05) is 42.1 Å². The highest BCUT2D eigenvalue weighted by Gasteiger charge is 2.26. The molecule has 0 radical (unpaired) electrons. The van der Waals surface area contributed by atoms with Crippen molar-refractivity contribution in [1.82, 2.24) is 4.90 Å². The summed E-state index contributed by atoms with van der Waals surface area (Å²) in [7, 11) is -7.65. The molecule has 1 heterocycles. The Labute approximate surface area is 172 Å². The molecule has 1 amide bonds. The minimum Gasteiger partial charge on any atom is -0.444 e. The van der Waals surface area contributed by atoms with E-state index in [0.717, 1.165) is 6.26 Å². The molecule has 1 aliphatic rings. The number of nitrogens with zero attached hydrogens (tertiary/aromatic N) is 2. The smallest absolute Gasteiger partial charge is 0.410 e. The Morgan fingerprint density at radius 1 is 1.10 bits per heavy atom. The van der Waals surface area contributed by atoms with Crippen molar-refractivity contribution in [1.29, 1.82) is 0 Å². The van der Waals surface area contributed by atoms with Gasteiger partial charge >= 0.3 is 6.09 Å². The van der Waals surface area contributed by atoms with E-state index in [-0.39, 0.29) is 10.6 Å². The third-order valence-corrected chi connectivity index (χ3v) is 5.58. The van der Waals surface area contributed by atoms with Crippen LogP contribution in [0.2, 0.25) is 0 Å². The SMILES string of the molecule is CC(C)(C)OC(=O)N1CCCN(c2ccc(S(N)(=O)=O)cc2NS(C)(=O)=O)CC1. The number of carbonyl (C=O) groups excluding carboxylic acids is 1. The molecule has 1 aromatic rings. The molecule has 0 spiro atoms. The maximum absolute atomic E-state index is 12.3. The standard InChI is InChI=1S/C17H28N4O6S2/c1-17(2,3)27-16(22)21-9-5-8-20(10-11-21)15-7-6-13(29(18,25)26)12-14(15)19-28(4,23)24/h6-7,12,19H,5,8-11H2,1-4H3,(H2,18,25,26). The molecule has 1 aliphatic heterocycles. The van der Waals surface area contributed by atoms with Gasteiger partial charge in [-0.25, -0.2) is 26.8 Å². The fourth-order valence-electron chi connectivity index (χ4n) is 2.92. The van der Waals surface area contributed by atoms with Gasteiger partial charge in [0, 0.05) is 26.2 Å². The first-order valence-electron chi connectivity index (χ1n) is 9.03. The van der Waals surface area contributed by atoms with Crippen molar-refractivity contribution in [3.05, 3.63) is 18.2 Å². The maximum atomic E-state index is 12.3. The third kappa shape index (κ3) is 7.05. The van der Waals surface area contributed by atoms with E-state index in [1.54, 1.807) is 25.7 Å². The van der Waals surface area contributed by atoms with Gasteiger partial charge in [-0.15, -0.1) is 0 Å². The first-order chi connectivity index (χ1) is 13.2. The van der Waals surface area contributed by atoms with Gasteiger partial charge in [0.05, 0.1) is 22.5 Å². The molecule has 2 rings (SSSR count). The first kappa shape index (κ1) is 23.2. The number of hydrogen-bond acceptors (Lipinski definition) is 7. The number of nitrogens with two attached hydrogens (primary N) is 1. The van der Waals surface area contributed by atoms with Gasteiger partial charge in [0.25, 0.3) is 0 Å². The van der Waals surface area contributed by atoms with Crippen LogP contribution in [-0.4, -0.2) is 65.9 Å². The maximum Gasteiger partial charge on any atom is 0.410 e. The predicted octanol–water partition coefficient (Wildman–Crippen LogP) is 1.15. The van der Waals surface area contributed by atoms with Crippen LogP contribution in [0.4, 0.5) is 16.2 Å². The number of benzene rings is 1. The molecular weight excluding hydrogens is 420 g/mol. The number of nitrogens with one attached hydrogen (secondary N) is 1. The molecule has 164 valence electrons. The van der Waals surface area contributed by atoms with Gasteiger partial charge in [0.15, 0.2) is 0 Å². The molecule has 0 saturated carbocycles. The molecule has 0 atom stereocenters. The predicted molar refractivity (Wildman–Crippen MR) is 111 cm³/mol. The lowest BCUT2D eigenvalue weighted by atomic mass is 10.2. The highest BCUT2D eigenvalue weighted by molar-refractivity contribution is 7.92. The van der Waals surface area contributed by atoms with E-state index in [1.807, 2.05) is 4.90 Å². The lowest BCUT2D eigenvalue weighted by Gasteiger charge is -2.27. The van der Waals surface area contributed by atoms with E-state index in [1.165, 1.54) is 18.2 Å². The van der Waals surface area contributed by atoms with Crippen LogP contribution in [0.3, 0.4) is 0 Å². The Kier molecular flexibility index (Phi) is 6.70. The van der Waals surface area contributed by atoms with Crippen molar-refractivity contribution < 1.29 is 26.4 Å². The zero-order valence-corrected chi connectivity index (χ0v) is 18.6. The molecule has 10 nitrogen and oxygen atoms in total. The molecule has 1 fully saturated rings. The van der Waals surface area contributed by atoms with Gasteiger partial charge in [-0.05, 0) is 45.4 Å². The number of anilines is 2. The van der Waals surface area contributed by atoms with Crippen LogP contribution in [0.1, 0.15) is 27.2 Å². The zero-order chi connectivity index (χ0) is 22.0. The number of rotatable bonds is 4. The third-order valence-electron chi connectivity index (χ3n) is 4.08. The molecule has 12 heteroatoms. The monoisotopic (exact) mass is 448 g/mol. The van der Waals surface area contributed by atoms with E-state index in [0.29, 0.717) is 38.3 Å². The Morgan fingerprint density at radius 2 is 1.76 bits per heavy atom. The molecule has 0 bridgehead atoms. The Balaban J connectivity index is 2.28. The summed E-state index contributed by atoms with van der Waals surface area (Å²) in [5.74, 6) is 0. The van der Waals surface area contributed by atoms with Crippen molar-refractivity contribution in [3.8, 4) is 0 Å². The quantitative estimate of drug-likeness (QED) is 0.704. The summed E-state index contributed by atoms with van der Waals surface area (Å²) >= 11 is 0. The van der Waals surface area contributed by atoms with Crippen LogP contribution in [0, 0.1) is 0 Å². The molecule has 0 unspecified atom stereocenters. The molecule has 1 aromatic carbocycles. The van der Waals surface area contributed by atoms with Crippen LogP contribution in [0.25, 0.3) is 0 Å². The lowest BCUT2D eigenvalue weighted by Crippen LogP contribution is -2.39. The fourth-order valence-corrected chi connectivity index (χ4v) is 4.02. The lowest BCUT2D eigenvalue weighted by molar-refractivity contribution is 0.0263. The summed E-state index contributed by atoms with van der Waals surface area (Å²) in [5.41, 5.74) is 0.0257. The van der Waals surface area contributed by atoms with Crippen LogP contribution in [-0.2, 0) is 24.8 Å². The number of hydrogen-bond donors (Lipinski definition) is 2. The average Bonchev–Trinajstić information content (AvgIpc) is 2.77. The summed E-state index contributed by atoms with van der Waals surface area (Å²) in [5, 5.41) is 5.17. The van der Waals surface area contributed by atoms with E-state index in [9.17, 15) is 21.6 Å².